The number of carboxylic acids is 1. The summed E-state index contributed by atoms with van der Waals surface area (Å²) >= 11 is 0. The van der Waals surface area contributed by atoms with Crippen LogP contribution in [0.3, 0.4) is 0 Å². The Hall–Kier alpha value is -1.69. The number of aromatic amines is 1. The van der Waals surface area contributed by atoms with Crippen molar-refractivity contribution in [1.82, 2.24) is 20.0 Å². The van der Waals surface area contributed by atoms with Crippen molar-refractivity contribution >= 4 is 5.97 Å². The number of morpholine rings is 1. The fourth-order valence-electron chi connectivity index (χ4n) is 4.06. The number of likely N-dealkylation sites (N-methyl/N-ethyl adjacent to an activating group) is 1. The highest BCUT2D eigenvalue weighted by Gasteiger charge is 2.38. The molecule has 2 fully saturated rings. The number of nitrogens with zero attached hydrogens (tertiary/aromatic N) is 3. The third-order valence-electron chi connectivity index (χ3n) is 5.61. The van der Waals surface area contributed by atoms with Crippen molar-refractivity contribution in [2.45, 2.75) is 50.4 Å². The lowest BCUT2D eigenvalue weighted by molar-refractivity contribution is -0.192. The van der Waals surface area contributed by atoms with Gasteiger partial charge in [0, 0.05) is 55.9 Å². The van der Waals surface area contributed by atoms with Crippen molar-refractivity contribution in [3.05, 3.63) is 17.5 Å². The first-order chi connectivity index (χ1) is 14.2. The number of nitrogens with one attached hydrogen (secondary N) is 1. The maximum atomic E-state index is 10.6. The molecule has 172 valence electrons. The first-order valence-electron chi connectivity index (χ1n) is 10.2. The molecule has 0 spiro atoms. The molecule has 0 aromatic carbocycles. The minimum atomic E-state index is -5.08. The van der Waals surface area contributed by atoms with Gasteiger partial charge in [0.05, 0.1) is 19.4 Å². The van der Waals surface area contributed by atoms with E-state index in [1.54, 1.807) is 0 Å². The molecule has 8 nitrogen and oxygen atoms in total. The van der Waals surface area contributed by atoms with E-state index in [9.17, 15) is 13.2 Å². The summed E-state index contributed by atoms with van der Waals surface area (Å²) in [6.07, 6.45) is 2.02. The fourth-order valence-corrected chi connectivity index (χ4v) is 4.06. The van der Waals surface area contributed by atoms with E-state index in [4.69, 9.17) is 20.4 Å². The number of rotatable bonds is 6. The Morgan fingerprint density at radius 2 is 1.93 bits per heavy atom. The Bertz CT molecular complexity index is 642. The molecule has 1 aromatic heterocycles. The molecule has 2 aliphatic rings. The Labute approximate surface area is 174 Å². The maximum Gasteiger partial charge on any atom is 0.490 e. The van der Waals surface area contributed by atoms with Crippen molar-refractivity contribution in [3.63, 3.8) is 0 Å². The summed E-state index contributed by atoms with van der Waals surface area (Å²) in [7, 11) is 2.12. The van der Waals surface area contributed by atoms with E-state index in [0.717, 1.165) is 45.4 Å². The van der Waals surface area contributed by atoms with Gasteiger partial charge in [0.15, 0.2) is 0 Å². The number of hydrogen-bond acceptors (Lipinski definition) is 6. The van der Waals surface area contributed by atoms with Gasteiger partial charge in [-0.3, -0.25) is 10.00 Å². The molecule has 2 heterocycles. The SMILES string of the molecule is CN(CCN)Cc1cn[nH]c1C1CCC(N2CCOCC2)CC1.O=C(O)C(F)(F)F. The highest BCUT2D eigenvalue weighted by molar-refractivity contribution is 5.73. The van der Waals surface area contributed by atoms with Crippen molar-refractivity contribution < 1.29 is 27.8 Å². The lowest BCUT2D eigenvalue weighted by Gasteiger charge is -2.38. The van der Waals surface area contributed by atoms with E-state index in [1.165, 1.54) is 36.9 Å². The molecule has 0 atom stereocenters. The van der Waals surface area contributed by atoms with Crippen LogP contribution >= 0.6 is 0 Å². The number of carboxylic acid groups (broad SMARTS) is 1. The molecular formula is C19H32F3N5O3. The summed E-state index contributed by atoms with van der Waals surface area (Å²) in [5, 5.41) is 14.7. The van der Waals surface area contributed by atoms with E-state index in [2.05, 4.69) is 27.0 Å². The first-order valence-corrected chi connectivity index (χ1v) is 10.2. The van der Waals surface area contributed by atoms with Crippen LogP contribution in [-0.2, 0) is 16.1 Å². The van der Waals surface area contributed by atoms with Crippen LogP contribution in [0.25, 0.3) is 0 Å². The summed E-state index contributed by atoms with van der Waals surface area (Å²) in [6, 6.07) is 0.751. The zero-order valence-electron chi connectivity index (χ0n) is 17.3. The van der Waals surface area contributed by atoms with Gasteiger partial charge in [-0.05, 0) is 32.7 Å². The lowest BCUT2D eigenvalue weighted by atomic mass is 9.82. The summed E-state index contributed by atoms with van der Waals surface area (Å²) in [5.41, 5.74) is 8.35. The number of aliphatic carboxylic acids is 1. The number of hydrogen-bond donors (Lipinski definition) is 3. The largest absolute Gasteiger partial charge is 0.490 e. The molecule has 1 aliphatic heterocycles. The molecule has 0 bridgehead atoms. The summed E-state index contributed by atoms with van der Waals surface area (Å²) < 4.78 is 37.2. The van der Waals surface area contributed by atoms with Gasteiger partial charge < -0.3 is 20.5 Å². The summed E-state index contributed by atoms with van der Waals surface area (Å²) in [4.78, 5) is 13.8. The summed E-state index contributed by atoms with van der Waals surface area (Å²) in [5.74, 6) is -2.12. The third kappa shape index (κ3) is 7.53. The molecule has 0 unspecified atom stereocenters. The van der Waals surface area contributed by atoms with Gasteiger partial charge in [0.25, 0.3) is 0 Å². The van der Waals surface area contributed by atoms with Crippen molar-refractivity contribution in [1.29, 1.82) is 0 Å². The van der Waals surface area contributed by atoms with E-state index >= 15 is 0 Å². The monoisotopic (exact) mass is 435 g/mol. The molecule has 11 heteroatoms. The van der Waals surface area contributed by atoms with Gasteiger partial charge in [-0.25, -0.2) is 4.79 Å². The second-order valence-electron chi connectivity index (χ2n) is 7.79. The van der Waals surface area contributed by atoms with Crippen LogP contribution in [0.1, 0.15) is 42.9 Å². The number of ether oxygens (including phenoxy) is 1. The van der Waals surface area contributed by atoms with Crippen molar-refractivity contribution in [3.8, 4) is 0 Å². The third-order valence-corrected chi connectivity index (χ3v) is 5.61. The molecule has 1 saturated heterocycles. The van der Waals surface area contributed by atoms with Gasteiger partial charge in [-0.15, -0.1) is 0 Å². The molecule has 0 radical (unpaired) electrons. The van der Waals surface area contributed by atoms with Crippen molar-refractivity contribution in [2.24, 2.45) is 5.73 Å². The lowest BCUT2D eigenvalue weighted by Crippen LogP contribution is -2.44. The molecule has 4 N–H and O–H groups in total. The zero-order valence-corrected chi connectivity index (χ0v) is 17.3. The fraction of sp³-hybridized carbons (Fsp3) is 0.789. The van der Waals surface area contributed by atoms with Crippen LogP contribution in [-0.4, -0.2) is 89.7 Å². The molecule has 1 aromatic rings. The molecule has 30 heavy (non-hydrogen) atoms. The molecule has 1 aliphatic carbocycles. The van der Waals surface area contributed by atoms with Crippen LogP contribution in [0, 0.1) is 0 Å². The van der Waals surface area contributed by atoms with Crippen LogP contribution in [0.4, 0.5) is 13.2 Å². The highest BCUT2D eigenvalue weighted by atomic mass is 19.4. The number of alkyl halides is 3. The maximum absolute atomic E-state index is 10.6. The van der Waals surface area contributed by atoms with Gasteiger partial charge in [0.1, 0.15) is 0 Å². The predicted octanol–water partition coefficient (Wildman–Crippen LogP) is 1.79. The Morgan fingerprint density at radius 3 is 2.47 bits per heavy atom. The number of aromatic nitrogens is 2. The van der Waals surface area contributed by atoms with Crippen LogP contribution in [0.2, 0.25) is 0 Å². The Morgan fingerprint density at radius 1 is 1.33 bits per heavy atom. The number of nitrogens with two attached hydrogens (primary N) is 1. The smallest absolute Gasteiger partial charge is 0.475 e. The van der Waals surface area contributed by atoms with Crippen molar-refractivity contribution in [2.75, 3.05) is 46.4 Å². The van der Waals surface area contributed by atoms with Gasteiger partial charge in [-0.2, -0.15) is 18.3 Å². The molecule has 3 rings (SSSR count). The van der Waals surface area contributed by atoms with Gasteiger partial charge >= 0.3 is 12.1 Å². The minimum absolute atomic E-state index is 0.635. The second kappa shape index (κ2) is 11.6. The predicted molar refractivity (Wildman–Crippen MR) is 105 cm³/mol. The van der Waals surface area contributed by atoms with Gasteiger partial charge in [-0.1, -0.05) is 0 Å². The van der Waals surface area contributed by atoms with E-state index in [-0.39, 0.29) is 0 Å². The minimum Gasteiger partial charge on any atom is -0.475 e. The quantitative estimate of drug-likeness (QED) is 0.625. The van der Waals surface area contributed by atoms with Crippen LogP contribution < -0.4 is 5.73 Å². The molecule has 0 amide bonds. The normalized spacial score (nSPS) is 23.1. The van der Waals surface area contributed by atoms with Crippen LogP contribution in [0.5, 0.6) is 0 Å². The highest BCUT2D eigenvalue weighted by Crippen LogP contribution is 2.35. The molecule has 1 saturated carbocycles. The van der Waals surface area contributed by atoms with E-state index in [0.29, 0.717) is 12.5 Å². The molecular weight excluding hydrogens is 403 g/mol. The number of carbonyl (C=O) groups is 1. The second-order valence-corrected chi connectivity index (χ2v) is 7.79. The standard InChI is InChI=1S/C17H31N5O.C2HF3O2/c1-21(7-6-18)13-15-12-19-20-17(15)14-2-4-16(5-3-14)22-8-10-23-11-9-22;3-2(4,5)1(6)7/h12,14,16H,2-11,13,18H2,1H3,(H,19,20);(H,6,7). The zero-order chi connectivity index (χ0) is 22.1. The van der Waals surface area contributed by atoms with E-state index < -0.39 is 12.1 Å². The Kier molecular flexibility index (Phi) is 9.53. The summed E-state index contributed by atoms with van der Waals surface area (Å²) in [6.45, 7) is 6.58. The number of halogens is 3. The average molecular weight is 435 g/mol. The Balaban J connectivity index is 0.000000396. The van der Waals surface area contributed by atoms with E-state index in [1.807, 2.05) is 6.20 Å². The van der Waals surface area contributed by atoms with Crippen LogP contribution in [0.15, 0.2) is 6.20 Å². The first kappa shape index (κ1) is 24.6. The number of H-pyrrole nitrogens is 1. The average Bonchev–Trinajstić information content (AvgIpc) is 3.16. The van der Waals surface area contributed by atoms with Gasteiger partial charge in [0.2, 0.25) is 0 Å². The topological polar surface area (TPSA) is 108 Å².